The van der Waals surface area contributed by atoms with Crippen molar-refractivity contribution in [3.05, 3.63) is 59.2 Å². The number of rotatable bonds is 8. The Morgan fingerprint density at radius 3 is 2.72 bits per heavy atom. The Hall–Kier alpha value is -2.04. The molecule has 1 fully saturated rings. The first-order valence-corrected chi connectivity index (χ1v) is 8.93. The number of aryl methyl sites for hydroxylation is 1. The van der Waals surface area contributed by atoms with E-state index in [0.29, 0.717) is 12.7 Å². The van der Waals surface area contributed by atoms with Gasteiger partial charge in [0.15, 0.2) is 11.5 Å². The summed E-state index contributed by atoms with van der Waals surface area (Å²) in [7, 11) is 1.68. The summed E-state index contributed by atoms with van der Waals surface area (Å²) in [5.41, 5.74) is 3.50. The van der Waals surface area contributed by atoms with Crippen molar-refractivity contribution < 1.29 is 14.2 Å². The Balaban J connectivity index is 1.64. The van der Waals surface area contributed by atoms with Crippen molar-refractivity contribution in [2.24, 2.45) is 0 Å². The summed E-state index contributed by atoms with van der Waals surface area (Å²) in [5, 5.41) is 3.48. The van der Waals surface area contributed by atoms with Gasteiger partial charge in [-0.2, -0.15) is 0 Å². The van der Waals surface area contributed by atoms with Crippen molar-refractivity contribution in [3.8, 4) is 11.5 Å². The minimum Gasteiger partial charge on any atom is -0.493 e. The molecule has 0 unspecified atom stereocenters. The maximum Gasteiger partial charge on any atom is 0.166 e. The van der Waals surface area contributed by atoms with Crippen LogP contribution in [0.2, 0.25) is 0 Å². The number of methoxy groups -OCH3 is 1. The summed E-state index contributed by atoms with van der Waals surface area (Å²) in [4.78, 5) is 0. The molecule has 0 saturated carbocycles. The number of benzene rings is 2. The summed E-state index contributed by atoms with van der Waals surface area (Å²) < 4.78 is 17.3. The van der Waals surface area contributed by atoms with E-state index in [9.17, 15) is 0 Å². The molecule has 0 amide bonds. The van der Waals surface area contributed by atoms with Crippen LogP contribution in [0, 0.1) is 6.92 Å². The smallest absolute Gasteiger partial charge is 0.166 e. The molecular formula is C21H27NO3. The SMILES string of the molecule is COc1cccc(CNC[C@H]2CCCO2)c1OCc1ccc(C)cc1. The summed E-state index contributed by atoms with van der Waals surface area (Å²) in [6.07, 6.45) is 2.64. The molecule has 0 bridgehead atoms. The fourth-order valence-corrected chi connectivity index (χ4v) is 3.04. The van der Waals surface area contributed by atoms with E-state index in [1.54, 1.807) is 7.11 Å². The van der Waals surface area contributed by atoms with Crippen LogP contribution in [0.1, 0.15) is 29.5 Å². The minimum atomic E-state index is 0.336. The molecule has 0 aromatic heterocycles. The predicted molar refractivity (Wildman–Crippen MR) is 99.2 cm³/mol. The number of nitrogens with one attached hydrogen (secondary N) is 1. The summed E-state index contributed by atoms with van der Waals surface area (Å²) in [6.45, 7) is 5.10. The molecule has 0 radical (unpaired) electrons. The Bertz CT molecular complexity index is 663. The van der Waals surface area contributed by atoms with E-state index < -0.39 is 0 Å². The Morgan fingerprint density at radius 2 is 2.00 bits per heavy atom. The van der Waals surface area contributed by atoms with E-state index >= 15 is 0 Å². The average Bonchev–Trinajstić information content (AvgIpc) is 3.15. The van der Waals surface area contributed by atoms with Gasteiger partial charge in [-0.15, -0.1) is 0 Å². The van der Waals surface area contributed by atoms with Crippen molar-refractivity contribution in [2.75, 3.05) is 20.3 Å². The molecular weight excluding hydrogens is 314 g/mol. The van der Waals surface area contributed by atoms with Crippen LogP contribution >= 0.6 is 0 Å². The van der Waals surface area contributed by atoms with E-state index in [2.05, 4.69) is 42.6 Å². The maximum atomic E-state index is 6.11. The van der Waals surface area contributed by atoms with Crippen LogP contribution in [-0.4, -0.2) is 26.4 Å². The van der Waals surface area contributed by atoms with Crippen LogP contribution in [0.25, 0.3) is 0 Å². The van der Waals surface area contributed by atoms with Crippen molar-refractivity contribution in [1.82, 2.24) is 5.32 Å². The number of ether oxygens (including phenoxy) is 3. The molecule has 1 heterocycles. The fraction of sp³-hybridized carbons (Fsp3) is 0.429. The predicted octanol–water partition coefficient (Wildman–Crippen LogP) is 3.85. The molecule has 3 rings (SSSR count). The molecule has 0 spiro atoms. The minimum absolute atomic E-state index is 0.336. The van der Waals surface area contributed by atoms with Gasteiger partial charge in [0, 0.05) is 25.3 Å². The molecule has 0 aliphatic carbocycles. The van der Waals surface area contributed by atoms with Gasteiger partial charge in [0.25, 0.3) is 0 Å². The third-order valence-corrected chi connectivity index (χ3v) is 4.50. The summed E-state index contributed by atoms with van der Waals surface area (Å²) in [6, 6.07) is 14.4. The van der Waals surface area contributed by atoms with Gasteiger partial charge in [0.1, 0.15) is 6.61 Å². The van der Waals surface area contributed by atoms with Crippen LogP contribution in [-0.2, 0) is 17.9 Å². The third kappa shape index (κ3) is 4.97. The standard InChI is InChI=1S/C21H27NO3/c1-16-8-10-17(11-9-16)15-25-21-18(5-3-7-20(21)23-2)13-22-14-19-6-4-12-24-19/h3,5,7-11,19,22H,4,6,12-15H2,1-2H3/t19-/m1/s1. The highest BCUT2D eigenvalue weighted by Gasteiger charge is 2.16. The highest BCUT2D eigenvalue weighted by molar-refractivity contribution is 5.46. The summed E-state index contributed by atoms with van der Waals surface area (Å²) in [5.74, 6) is 1.58. The third-order valence-electron chi connectivity index (χ3n) is 4.50. The van der Waals surface area contributed by atoms with Gasteiger partial charge in [-0.3, -0.25) is 0 Å². The van der Waals surface area contributed by atoms with Crippen LogP contribution < -0.4 is 14.8 Å². The lowest BCUT2D eigenvalue weighted by Gasteiger charge is -2.17. The molecule has 2 aromatic rings. The molecule has 4 nitrogen and oxygen atoms in total. The highest BCUT2D eigenvalue weighted by Crippen LogP contribution is 2.32. The fourth-order valence-electron chi connectivity index (χ4n) is 3.04. The molecule has 1 saturated heterocycles. The van der Waals surface area contributed by atoms with Gasteiger partial charge < -0.3 is 19.5 Å². The van der Waals surface area contributed by atoms with E-state index in [0.717, 1.165) is 55.2 Å². The van der Waals surface area contributed by atoms with Gasteiger partial charge in [-0.25, -0.2) is 0 Å². The van der Waals surface area contributed by atoms with Gasteiger partial charge in [0.05, 0.1) is 13.2 Å². The molecule has 134 valence electrons. The Kier molecular flexibility index (Phi) is 6.31. The van der Waals surface area contributed by atoms with Gasteiger partial charge in [-0.05, 0) is 31.4 Å². The molecule has 1 atom stereocenters. The van der Waals surface area contributed by atoms with E-state index in [-0.39, 0.29) is 0 Å². The van der Waals surface area contributed by atoms with Crippen LogP contribution in [0.3, 0.4) is 0 Å². The lowest BCUT2D eigenvalue weighted by atomic mass is 10.1. The molecule has 1 aliphatic rings. The maximum absolute atomic E-state index is 6.11. The molecule has 1 aliphatic heterocycles. The topological polar surface area (TPSA) is 39.7 Å². The van der Waals surface area contributed by atoms with Crippen molar-refractivity contribution >= 4 is 0 Å². The largest absolute Gasteiger partial charge is 0.493 e. The number of hydrogen-bond donors (Lipinski definition) is 1. The zero-order chi connectivity index (χ0) is 17.5. The van der Waals surface area contributed by atoms with Gasteiger partial charge >= 0.3 is 0 Å². The normalized spacial score (nSPS) is 16.8. The zero-order valence-electron chi connectivity index (χ0n) is 15.1. The average molecular weight is 341 g/mol. The molecule has 1 N–H and O–H groups in total. The Labute approximate surface area is 150 Å². The second kappa shape index (κ2) is 8.88. The molecule has 25 heavy (non-hydrogen) atoms. The second-order valence-electron chi connectivity index (χ2n) is 6.49. The van der Waals surface area contributed by atoms with Crippen molar-refractivity contribution in [2.45, 2.75) is 39.0 Å². The Morgan fingerprint density at radius 1 is 1.16 bits per heavy atom. The first kappa shape index (κ1) is 17.8. The van der Waals surface area contributed by atoms with E-state index in [1.165, 1.54) is 5.56 Å². The van der Waals surface area contributed by atoms with Crippen LogP contribution in [0.4, 0.5) is 0 Å². The van der Waals surface area contributed by atoms with Crippen molar-refractivity contribution in [3.63, 3.8) is 0 Å². The molecule has 2 aromatic carbocycles. The number of hydrogen-bond acceptors (Lipinski definition) is 4. The monoisotopic (exact) mass is 341 g/mol. The zero-order valence-corrected chi connectivity index (χ0v) is 15.1. The van der Waals surface area contributed by atoms with Crippen LogP contribution in [0.15, 0.2) is 42.5 Å². The quantitative estimate of drug-likeness (QED) is 0.792. The first-order valence-electron chi connectivity index (χ1n) is 8.93. The van der Waals surface area contributed by atoms with Gasteiger partial charge in [-0.1, -0.05) is 42.0 Å². The number of para-hydroxylation sites is 1. The van der Waals surface area contributed by atoms with Gasteiger partial charge in [0.2, 0.25) is 0 Å². The van der Waals surface area contributed by atoms with E-state index in [4.69, 9.17) is 14.2 Å². The lowest BCUT2D eigenvalue weighted by molar-refractivity contribution is 0.110. The molecule has 4 heteroatoms. The first-order chi connectivity index (χ1) is 12.3. The highest BCUT2D eigenvalue weighted by atomic mass is 16.5. The van der Waals surface area contributed by atoms with Crippen LogP contribution in [0.5, 0.6) is 11.5 Å². The van der Waals surface area contributed by atoms with Crippen molar-refractivity contribution in [1.29, 1.82) is 0 Å². The lowest BCUT2D eigenvalue weighted by Crippen LogP contribution is -2.26. The second-order valence-corrected chi connectivity index (χ2v) is 6.49. The summed E-state index contributed by atoms with van der Waals surface area (Å²) >= 11 is 0. The van der Waals surface area contributed by atoms with E-state index in [1.807, 2.05) is 12.1 Å².